The molecule has 0 aliphatic rings. The number of thiazole rings is 1. The first-order chi connectivity index (χ1) is 8.11. The lowest BCUT2D eigenvalue weighted by Gasteiger charge is -2.12. The third-order valence-corrected chi connectivity index (χ3v) is 3.87. The highest BCUT2D eigenvalue weighted by atomic mass is 32.2. The maximum atomic E-state index is 11.7. The molecule has 0 bridgehead atoms. The molecule has 17 heavy (non-hydrogen) atoms. The summed E-state index contributed by atoms with van der Waals surface area (Å²) in [5.74, 6) is 2.23. The third kappa shape index (κ3) is 5.93. The molecule has 0 aliphatic heterocycles. The van der Waals surface area contributed by atoms with Crippen LogP contribution in [0.1, 0.15) is 26.0 Å². The minimum Gasteiger partial charge on any atom is -0.375 e. The zero-order chi connectivity index (χ0) is 12.7. The first-order valence-corrected chi connectivity index (χ1v) is 7.72. The summed E-state index contributed by atoms with van der Waals surface area (Å²) in [6.07, 6.45) is 1.32. The van der Waals surface area contributed by atoms with Gasteiger partial charge >= 0.3 is 0 Å². The predicted octanol–water partition coefficient (Wildman–Crippen LogP) is 1.92. The number of thioether (sulfide) groups is 1. The van der Waals surface area contributed by atoms with Gasteiger partial charge in [-0.1, -0.05) is 6.92 Å². The van der Waals surface area contributed by atoms with Crippen LogP contribution in [0.25, 0.3) is 0 Å². The van der Waals surface area contributed by atoms with Crippen molar-refractivity contribution in [1.82, 2.24) is 10.3 Å². The number of carbonyl (C=O) groups excluding carboxylic acids is 1. The van der Waals surface area contributed by atoms with Gasteiger partial charge in [0.2, 0.25) is 5.91 Å². The van der Waals surface area contributed by atoms with Crippen molar-refractivity contribution in [1.29, 1.82) is 0 Å². The Hall–Kier alpha value is -0.750. The van der Waals surface area contributed by atoms with Crippen molar-refractivity contribution in [3.05, 3.63) is 11.1 Å². The Kier molecular flexibility index (Phi) is 6.36. The fraction of sp³-hybridized carbons (Fsp3) is 0.636. The predicted molar refractivity (Wildman–Crippen MR) is 75.5 cm³/mol. The highest BCUT2D eigenvalue weighted by molar-refractivity contribution is 7.99. The van der Waals surface area contributed by atoms with E-state index >= 15 is 0 Å². The van der Waals surface area contributed by atoms with Gasteiger partial charge in [0.25, 0.3) is 0 Å². The number of nitrogens with two attached hydrogens (primary N) is 1. The molecular formula is C11H19N3OS2. The van der Waals surface area contributed by atoms with Crippen LogP contribution in [-0.2, 0) is 11.2 Å². The van der Waals surface area contributed by atoms with Crippen LogP contribution in [0.5, 0.6) is 0 Å². The molecule has 0 saturated carbocycles. The number of aromatic nitrogens is 1. The maximum Gasteiger partial charge on any atom is 0.226 e. The lowest BCUT2D eigenvalue weighted by molar-refractivity contribution is -0.121. The van der Waals surface area contributed by atoms with E-state index in [1.807, 2.05) is 24.1 Å². The zero-order valence-corrected chi connectivity index (χ0v) is 11.9. The number of hydrogen-bond donors (Lipinski definition) is 2. The molecule has 6 heteroatoms. The minimum absolute atomic E-state index is 0.0179. The quantitative estimate of drug-likeness (QED) is 0.745. The fourth-order valence-electron chi connectivity index (χ4n) is 1.37. The van der Waals surface area contributed by atoms with E-state index in [9.17, 15) is 4.79 Å². The van der Waals surface area contributed by atoms with Gasteiger partial charge in [0, 0.05) is 11.4 Å². The molecule has 0 aromatic carbocycles. The smallest absolute Gasteiger partial charge is 0.226 e. The van der Waals surface area contributed by atoms with E-state index in [0.717, 1.165) is 23.6 Å². The van der Waals surface area contributed by atoms with Gasteiger partial charge < -0.3 is 11.1 Å². The number of nitrogens with zero attached hydrogens (tertiary/aromatic N) is 1. The van der Waals surface area contributed by atoms with E-state index in [1.54, 1.807) is 0 Å². The summed E-state index contributed by atoms with van der Waals surface area (Å²) in [4.78, 5) is 15.7. The summed E-state index contributed by atoms with van der Waals surface area (Å²) >= 11 is 3.26. The Labute approximate surface area is 110 Å². The van der Waals surface area contributed by atoms with Crippen molar-refractivity contribution in [2.45, 2.75) is 32.7 Å². The molecular weight excluding hydrogens is 254 g/mol. The van der Waals surface area contributed by atoms with Crippen molar-refractivity contribution in [3.63, 3.8) is 0 Å². The van der Waals surface area contributed by atoms with Crippen molar-refractivity contribution in [2.24, 2.45) is 0 Å². The molecule has 1 aromatic heterocycles. The molecule has 1 atom stereocenters. The Morgan fingerprint density at radius 2 is 2.47 bits per heavy atom. The standard InChI is InChI=1S/C11H19N3OS2/c1-3-16-5-4-8(2)13-10(15)6-9-7-17-11(12)14-9/h7-8H,3-6H2,1-2H3,(H2,12,14)(H,13,15). The van der Waals surface area contributed by atoms with Gasteiger partial charge in [-0.3, -0.25) is 4.79 Å². The molecule has 1 unspecified atom stereocenters. The van der Waals surface area contributed by atoms with E-state index in [2.05, 4.69) is 17.2 Å². The summed E-state index contributed by atoms with van der Waals surface area (Å²) in [5, 5.41) is 5.31. The van der Waals surface area contributed by atoms with E-state index in [0.29, 0.717) is 11.6 Å². The van der Waals surface area contributed by atoms with Crippen LogP contribution in [0.15, 0.2) is 5.38 Å². The molecule has 3 N–H and O–H groups in total. The summed E-state index contributed by atoms with van der Waals surface area (Å²) in [6, 6.07) is 0.220. The average Bonchev–Trinajstić information content (AvgIpc) is 2.64. The largest absolute Gasteiger partial charge is 0.375 e. The van der Waals surface area contributed by atoms with Gasteiger partial charge in [-0.2, -0.15) is 11.8 Å². The second kappa shape index (κ2) is 7.55. The number of anilines is 1. The average molecular weight is 273 g/mol. The Bertz CT molecular complexity index is 354. The van der Waals surface area contributed by atoms with Crippen molar-refractivity contribution in [3.8, 4) is 0 Å². The normalized spacial score (nSPS) is 12.4. The summed E-state index contributed by atoms with van der Waals surface area (Å²) < 4.78 is 0. The van der Waals surface area contributed by atoms with Gasteiger partial charge in [0.15, 0.2) is 5.13 Å². The topological polar surface area (TPSA) is 68.0 Å². The number of nitrogens with one attached hydrogen (secondary N) is 1. The number of carbonyl (C=O) groups is 1. The van der Waals surface area contributed by atoms with Crippen LogP contribution in [0.4, 0.5) is 5.13 Å². The summed E-state index contributed by atoms with van der Waals surface area (Å²) in [5.41, 5.74) is 6.26. The van der Waals surface area contributed by atoms with Crippen molar-refractivity contribution in [2.75, 3.05) is 17.2 Å². The monoisotopic (exact) mass is 273 g/mol. The fourth-order valence-corrected chi connectivity index (χ4v) is 2.74. The van der Waals surface area contributed by atoms with Crippen LogP contribution >= 0.6 is 23.1 Å². The number of amides is 1. The molecule has 1 heterocycles. The van der Waals surface area contributed by atoms with E-state index in [1.165, 1.54) is 11.3 Å². The van der Waals surface area contributed by atoms with Gasteiger partial charge in [0.1, 0.15) is 0 Å². The second-order valence-electron chi connectivity index (χ2n) is 3.81. The Morgan fingerprint density at radius 1 is 1.71 bits per heavy atom. The highest BCUT2D eigenvalue weighted by Gasteiger charge is 2.09. The van der Waals surface area contributed by atoms with Crippen LogP contribution in [0, 0.1) is 0 Å². The van der Waals surface area contributed by atoms with Crippen LogP contribution in [-0.4, -0.2) is 28.4 Å². The molecule has 4 nitrogen and oxygen atoms in total. The third-order valence-electron chi connectivity index (χ3n) is 2.22. The van der Waals surface area contributed by atoms with E-state index in [4.69, 9.17) is 5.73 Å². The molecule has 96 valence electrons. The molecule has 0 saturated heterocycles. The van der Waals surface area contributed by atoms with E-state index < -0.39 is 0 Å². The van der Waals surface area contributed by atoms with Crippen molar-refractivity contribution >= 4 is 34.1 Å². The Morgan fingerprint density at radius 3 is 3.06 bits per heavy atom. The molecule has 1 amide bonds. The second-order valence-corrected chi connectivity index (χ2v) is 6.09. The molecule has 1 rings (SSSR count). The summed E-state index contributed by atoms with van der Waals surface area (Å²) in [7, 11) is 0. The van der Waals surface area contributed by atoms with Crippen molar-refractivity contribution < 1.29 is 4.79 Å². The first-order valence-electron chi connectivity index (χ1n) is 5.68. The van der Waals surface area contributed by atoms with Gasteiger partial charge in [0.05, 0.1) is 12.1 Å². The molecule has 0 radical (unpaired) electrons. The van der Waals surface area contributed by atoms with Crippen LogP contribution in [0.2, 0.25) is 0 Å². The molecule has 0 aliphatic carbocycles. The lowest BCUT2D eigenvalue weighted by atomic mass is 10.2. The van der Waals surface area contributed by atoms with Crippen LogP contribution < -0.4 is 11.1 Å². The molecule has 1 aromatic rings. The highest BCUT2D eigenvalue weighted by Crippen LogP contribution is 2.11. The molecule has 0 spiro atoms. The van der Waals surface area contributed by atoms with Crippen LogP contribution in [0.3, 0.4) is 0 Å². The SMILES string of the molecule is CCSCCC(C)NC(=O)Cc1csc(N)n1. The van der Waals surface area contributed by atoms with Gasteiger partial charge in [-0.05, 0) is 24.9 Å². The summed E-state index contributed by atoms with van der Waals surface area (Å²) in [6.45, 7) is 4.17. The van der Waals surface area contributed by atoms with Gasteiger partial charge in [-0.15, -0.1) is 11.3 Å². The number of rotatable bonds is 7. The number of nitrogen functional groups attached to an aromatic ring is 1. The Balaban J connectivity index is 2.24. The van der Waals surface area contributed by atoms with Gasteiger partial charge in [-0.25, -0.2) is 4.98 Å². The lowest BCUT2D eigenvalue weighted by Crippen LogP contribution is -2.34. The minimum atomic E-state index is 0.0179. The number of hydrogen-bond acceptors (Lipinski definition) is 5. The van der Waals surface area contributed by atoms with E-state index in [-0.39, 0.29) is 11.9 Å². The molecule has 0 fully saturated rings. The first kappa shape index (κ1) is 14.3. The zero-order valence-electron chi connectivity index (χ0n) is 10.2. The maximum absolute atomic E-state index is 11.7.